The number of ether oxygens (including phenoxy) is 1. The number of nitrogens with two attached hydrogens (primary N) is 1. The Balaban J connectivity index is 2.15. The number of amides is 1. The van der Waals surface area contributed by atoms with Crippen LogP contribution in [-0.2, 0) is 9.53 Å². The summed E-state index contributed by atoms with van der Waals surface area (Å²) in [7, 11) is 0. The lowest BCUT2D eigenvalue weighted by Crippen LogP contribution is -2.48. The van der Waals surface area contributed by atoms with Crippen LogP contribution >= 0.6 is 0 Å². The van der Waals surface area contributed by atoms with E-state index in [0.717, 1.165) is 13.1 Å². The Labute approximate surface area is 91.8 Å². The van der Waals surface area contributed by atoms with Crippen LogP contribution in [0.15, 0.2) is 0 Å². The number of carbonyl (C=O) groups is 1. The highest BCUT2D eigenvalue weighted by atomic mass is 16.5. The molecule has 4 nitrogen and oxygen atoms in total. The predicted molar refractivity (Wildman–Crippen MR) is 59.5 cm³/mol. The monoisotopic (exact) mass is 214 g/mol. The van der Waals surface area contributed by atoms with Crippen molar-refractivity contribution in [3.63, 3.8) is 0 Å². The summed E-state index contributed by atoms with van der Waals surface area (Å²) in [6.07, 6.45) is 4.63. The Morgan fingerprint density at radius 3 is 2.93 bits per heavy atom. The second-order valence-electron chi connectivity index (χ2n) is 4.12. The molecule has 1 amide bonds. The molecule has 4 heteroatoms. The third-order valence-corrected chi connectivity index (χ3v) is 2.80. The highest BCUT2D eigenvalue weighted by molar-refractivity contribution is 5.79. The minimum Gasteiger partial charge on any atom is -0.367 e. The summed E-state index contributed by atoms with van der Waals surface area (Å²) < 4.78 is 5.28. The van der Waals surface area contributed by atoms with Crippen molar-refractivity contribution in [2.45, 2.75) is 38.7 Å². The maximum Gasteiger partial charge on any atom is 0.247 e. The fourth-order valence-corrected chi connectivity index (χ4v) is 1.84. The van der Waals surface area contributed by atoms with Gasteiger partial charge in [-0.2, -0.15) is 0 Å². The van der Waals surface area contributed by atoms with E-state index in [9.17, 15) is 4.79 Å². The Kier molecular flexibility index (Phi) is 5.65. The lowest BCUT2D eigenvalue weighted by molar-refractivity contribution is -0.135. The van der Waals surface area contributed by atoms with Gasteiger partial charge < -0.3 is 10.5 Å². The van der Waals surface area contributed by atoms with Gasteiger partial charge in [0.2, 0.25) is 5.91 Å². The summed E-state index contributed by atoms with van der Waals surface area (Å²) >= 11 is 0. The van der Waals surface area contributed by atoms with Crippen molar-refractivity contribution in [1.29, 1.82) is 0 Å². The molecule has 1 rings (SSSR count). The molecule has 1 saturated heterocycles. The van der Waals surface area contributed by atoms with Crippen LogP contribution in [0.5, 0.6) is 0 Å². The molecule has 1 aliphatic rings. The Bertz CT molecular complexity index is 197. The molecule has 15 heavy (non-hydrogen) atoms. The molecule has 0 aromatic carbocycles. The molecular weight excluding hydrogens is 192 g/mol. The van der Waals surface area contributed by atoms with E-state index in [0.29, 0.717) is 13.2 Å². The van der Waals surface area contributed by atoms with Crippen molar-refractivity contribution >= 4 is 5.91 Å². The molecule has 0 aromatic heterocycles. The molecule has 1 heterocycles. The van der Waals surface area contributed by atoms with Crippen molar-refractivity contribution in [1.82, 2.24) is 4.90 Å². The molecule has 0 radical (unpaired) electrons. The highest BCUT2D eigenvalue weighted by Gasteiger charge is 2.23. The highest BCUT2D eigenvalue weighted by Crippen LogP contribution is 2.07. The summed E-state index contributed by atoms with van der Waals surface area (Å²) in [4.78, 5) is 13.2. The molecule has 0 bridgehead atoms. The smallest absolute Gasteiger partial charge is 0.247 e. The summed E-state index contributed by atoms with van der Waals surface area (Å²) in [6, 6.07) is 0. The lowest BCUT2D eigenvalue weighted by Gasteiger charge is -2.31. The standard InChI is InChI=1S/C11H22N2O2/c1-2-3-4-5-6-13-7-8-15-10(9-13)11(12)14/h10H,2-9H2,1H3,(H2,12,14)/t10-/m1/s1. The van der Waals surface area contributed by atoms with Crippen LogP contribution in [0.1, 0.15) is 32.6 Å². The van der Waals surface area contributed by atoms with E-state index < -0.39 is 6.10 Å². The first kappa shape index (κ1) is 12.5. The van der Waals surface area contributed by atoms with Gasteiger partial charge in [-0.15, -0.1) is 0 Å². The van der Waals surface area contributed by atoms with Crippen molar-refractivity contribution in [2.24, 2.45) is 5.73 Å². The molecule has 0 unspecified atom stereocenters. The van der Waals surface area contributed by atoms with E-state index in [-0.39, 0.29) is 5.91 Å². The zero-order valence-corrected chi connectivity index (χ0v) is 9.58. The van der Waals surface area contributed by atoms with Crippen molar-refractivity contribution in [3.05, 3.63) is 0 Å². The summed E-state index contributed by atoms with van der Waals surface area (Å²) in [5.74, 6) is -0.340. The molecular formula is C11H22N2O2. The fourth-order valence-electron chi connectivity index (χ4n) is 1.84. The molecule has 0 aliphatic carbocycles. The average molecular weight is 214 g/mol. The van der Waals surface area contributed by atoms with Crippen LogP contribution in [0.3, 0.4) is 0 Å². The average Bonchev–Trinajstić information content (AvgIpc) is 2.25. The lowest BCUT2D eigenvalue weighted by atomic mass is 10.2. The number of rotatable bonds is 6. The largest absolute Gasteiger partial charge is 0.367 e. The molecule has 1 aliphatic heterocycles. The van der Waals surface area contributed by atoms with E-state index >= 15 is 0 Å². The van der Waals surface area contributed by atoms with Gasteiger partial charge in [0.25, 0.3) is 0 Å². The van der Waals surface area contributed by atoms with E-state index in [1.54, 1.807) is 0 Å². The summed E-state index contributed by atoms with van der Waals surface area (Å²) in [5.41, 5.74) is 5.22. The molecule has 1 atom stereocenters. The number of nitrogens with zero attached hydrogens (tertiary/aromatic N) is 1. The molecule has 2 N–H and O–H groups in total. The van der Waals surface area contributed by atoms with Gasteiger partial charge >= 0.3 is 0 Å². The molecule has 0 spiro atoms. The number of carbonyl (C=O) groups excluding carboxylic acids is 1. The molecule has 1 fully saturated rings. The third kappa shape index (κ3) is 4.62. The topological polar surface area (TPSA) is 55.6 Å². The van der Waals surface area contributed by atoms with Gasteiger partial charge in [-0.25, -0.2) is 0 Å². The van der Waals surface area contributed by atoms with Gasteiger partial charge in [0.1, 0.15) is 6.10 Å². The first-order chi connectivity index (χ1) is 7.24. The van der Waals surface area contributed by atoms with Crippen LogP contribution in [0.2, 0.25) is 0 Å². The van der Waals surface area contributed by atoms with Gasteiger partial charge in [-0.05, 0) is 13.0 Å². The first-order valence-corrected chi connectivity index (χ1v) is 5.87. The van der Waals surface area contributed by atoms with Gasteiger partial charge in [0.05, 0.1) is 6.61 Å². The summed E-state index contributed by atoms with van der Waals surface area (Å²) in [6.45, 7) is 5.49. The fraction of sp³-hybridized carbons (Fsp3) is 0.909. The Morgan fingerprint density at radius 2 is 2.27 bits per heavy atom. The number of hydrogen-bond donors (Lipinski definition) is 1. The van der Waals surface area contributed by atoms with Gasteiger partial charge in [0.15, 0.2) is 0 Å². The minimum atomic E-state index is -0.398. The maximum absolute atomic E-state index is 10.9. The van der Waals surface area contributed by atoms with Crippen molar-refractivity contribution < 1.29 is 9.53 Å². The second kappa shape index (κ2) is 6.80. The summed E-state index contributed by atoms with van der Waals surface area (Å²) in [5, 5.41) is 0. The van der Waals surface area contributed by atoms with Gasteiger partial charge in [-0.1, -0.05) is 26.2 Å². The van der Waals surface area contributed by atoms with Crippen molar-refractivity contribution in [3.8, 4) is 0 Å². The van der Waals surface area contributed by atoms with Crippen LogP contribution in [-0.4, -0.2) is 43.2 Å². The zero-order valence-electron chi connectivity index (χ0n) is 9.58. The maximum atomic E-state index is 10.9. The minimum absolute atomic E-state index is 0.340. The van der Waals surface area contributed by atoms with Gasteiger partial charge in [0, 0.05) is 13.1 Å². The van der Waals surface area contributed by atoms with E-state index in [1.165, 1.54) is 25.7 Å². The number of hydrogen-bond acceptors (Lipinski definition) is 3. The van der Waals surface area contributed by atoms with E-state index in [4.69, 9.17) is 10.5 Å². The van der Waals surface area contributed by atoms with Crippen molar-refractivity contribution in [2.75, 3.05) is 26.2 Å². The Hall–Kier alpha value is -0.610. The van der Waals surface area contributed by atoms with Crippen LogP contribution < -0.4 is 5.73 Å². The first-order valence-electron chi connectivity index (χ1n) is 5.87. The van der Waals surface area contributed by atoms with Gasteiger partial charge in [-0.3, -0.25) is 9.69 Å². The number of primary amides is 1. The van der Waals surface area contributed by atoms with Crippen LogP contribution in [0, 0.1) is 0 Å². The Morgan fingerprint density at radius 1 is 1.47 bits per heavy atom. The van der Waals surface area contributed by atoms with Crippen LogP contribution in [0.25, 0.3) is 0 Å². The molecule has 0 aromatic rings. The molecule has 0 saturated carbocycles. The van der Waals surface area contributed by atoms with E-state index in [2.05, 4.69) is 11.8 Å². The predicted octanol–water partition coefficient (Wildman–Crippen LogP) is 0.753. The normalized spacial score (nSPS) is 22.9. The van der Waals surface area contributed by atoms with Crippen LogP contribution in [0.4, 0.5) is 0 Å². The number of morpholine rings is 1. The zero-order chi connectivity index (χ0) is 11.1. The molecule has 88 valence electrons. The number of unbranched alkanes of at least 4 members (excludes halogenated alkanes) is 3. The van der Waals surface area contributed by atoms with E-state index in [1.807, 2.05) is 0 Å². The SMILES string of the molecule is CCCCCCN1CCO[C@@H](C(N)=O)C1. The third-order valence-electron chi connectivity index (χ3n) is 2.80. The second-order valence-corrected chi connectivity index (χ2v) is 4.12. The quantitative estimate of drug-likeness (QED) is 0.664.